The summed E-state index contributed by atoms with van der Waals surface area (Å²) in [6.45, 7) is 0.103. The second kappa shape index (κ2) is 9.23. The molecule has 0 radical (unpaired) electrons. The first kappa shape index (κ1) is 21.6. The van der Waals surface area contributed by atoms with E-state index in [1.165, 1.54) is 30.3 Å². The predicted octanol–water partition coefficient (Wildman–Crippen LogP) is 3.64. The summed E-state index contributed by atoms with van der Waals surface area (Å²) in [5.74, 6) is -0.162. The third kappa shape index (κ3) is 4.67. The fourth-order valence-corrected chi connectivity index (χ4v) is 3.30. The highest BCUT2D eigenvalue weighted by Gasteiger charge is 2.34. The normalized spacial score (nSPS) is 14.3. The topological polar surface area (TPSA) is 111 Å². The summed E-state index contributed by atoms with van der Waals surface area (Å²) in [6, 6.07) is 19.9. The molecule has 1 aliphatic heterocycles. The molecule has 0 aromatic heterocycles. The van der Waals surface area contributed by atoms with E-state index in [9.17, 15) is 19.7 Å². The molecule has 0 saturated carbocycles. The van der Waals surface area contributed by atoms with Crippen LogP contribution in [0.4, 0.5) is 11.4 Å². The van der Waals surface area contributed by atoms with E-state index in [0.29, 0.717) is 28.3 Å². The quantitative estimate of drug-likeness (QED) is 0.257. The predicted molar refractivity (Wildman–Crippen MR) is 120 cm³/mol. The van der Waals surface area contributed by atoms with Gasteiger partial charge in [0.05, 0.1) is 17.7 Å². The molecule has 0 atom stereocenters. The van der Waals surface area contributed by atoms with Gasteiger partial charge in [-0.3, -0.25) is 25.1 Å². The van der Waals surface area contributed by atoms with Gasteiger partial charge in [0.25, 0.3) is 17.5 Å². The number of methoxy groups -OCH3 is 1. The number of non-ortho nitro benzene ring substituents is 1. The molecule has 3 aromatic rings. The minimum absolute atomic E-state index is 0.00818. The molecule has 0 spiro atoms. The monoisotopic (exact) mass is 445 g/mol. The summed E-state index contributed by atoms with van der Waals surface area (Å²) in [4.78, 5) is 35.6. The first-order valence-electron chi connectivity index (χ1n) is 9.92. The molecule has 3 aromatic carbocycles. The molecule has 1 saturated heterocycles. The SMILES string of the molecule is COc1cc(/C=C2\C(=O)NN(c3ccccc3)C2=O)ccc1OCc1cccc([N+](=O)[O-])c1. The Bertz CT molecular complexity index is 1260. The molecule has 4 rings (SSSR count). The average molecular weight is 445 g/mol. The van der Waals surface area contributed by atoms with Gasteiger partial charge in [-0.15, -0.1) is 0 Å². The van der Waals surface area contributed by atoms with E-state index < -0.39 is 16.7 Å². The van der Waals surface area contributed by atoms with Gasteiger partial charge in [-0.2, -0.15) is 0 Å². The number of nitro groups is 1. The number of nitrogens with zero attached hydrogens (tertiary/aromatic N) is 2. The molecule has 1 N–H and O–H groups in total. The lowest BCUT2D eigenvalue weighted by atomic mass is 10.1. The van der Waals surface area contributed by atoms with E-state index in [4.69, 9.17) is 9.47 Å². The van der Waals surface area contributed by atoms with Gasteiger partial charge >= 0.3 is 0 Å². The highest BCUT2D eigenvalue weighted by molar-refractivity contribution is 6.31. The Labute approximate surface area is 189 Å². The number of amides is 2. The number of para-hydroxylation sites is 1. The smallest absolute Gasteiger partial charge is 0.282 e. The third-order valence-corrected chi connectivity index (χ3v) is 4.92. The lowest BCUT2D eigenvalue weighted by Crippen LogP contribution is -2.35. The number of carbonyl (C=O) groups excluding carboxylic acids is 2. The molecule has 1 aliphatic rings. The van der Waals surface area contributed by atoms with E-state index >= 15 is 0 Å². The second-order valence-corrected chi connectivity index (χ2v) is 7.10. The van der Waals surface area contributed by atoms with Crippen LogP contribution in [0.1, 0.15) is 11.1 Å². The van der Waals surface area contributed by atoms with Crippen LogP contribution in [0.15, 0.2) is 78.4 Å². The number of anilines is 1. The summed E-state index contributed by atoms with van der Waals surface area (Å²) < 4.78 is 11.2. The number of hydrazine groups is 1. The standard InChI is InChI=1S/C24H19N3O6/c1-32-22-14-16(10-11-21(22)33-15-17-6-5-9-19(12-17)27(30)31)13-20-23(28)25-26(24(20)29)18-7-3-2-4-8-18/h2-14H,15H2,1H3,(H,25,28)/b20-13+. The van der Waals surface area contributed by atoms with Crippen LogP contribution in [0, 0.1) is 10.1 Å². The summed E-state index contributed by atoms with van der Waals surface area (Å²) in [7, 11) is 1.47. The minimum Gasteiger partial charge on any atom is -0.493 e. The molecular weight excluding hydrogens is 426 g/mol. The van der Waals surface area contributed by atoms with Crippen LogP contribution < -0.4 is 19.9 Å². The van der Waals surface area contributed by atoms with Gasteiger partial charge in [0.2, 0.25) is 0 Å². The van der Waals surface area contributed by atoms with Crippen LogP contribution >= 0.6 is 0 Å². The zero-order valence-corrected chi connectivity index (χ0v) is 17.6. The number of carbonyl (C=O) groups is 2. The summed E-state index contributed by atoms with van der Waals surface area (Å²) >= 11 is 0. The van der Waals surface area contributed by atoms with Crippen molar-refractivity contribution in [3.8, 4) is 11.5 Å². The van der Waals surface area contributed by atoms with E-state index in [2.05, 4.69) is 5.43 Å². The zero-order chi connectivity index (χ0) is 23.4. The van der Waals surface area contributed by atoms with Gasteiger partial charge in [0, 0.05) is 12.1 Å². The summed E-state index contributed by atoms with van der Waals surface area (Å²) in [5.41, 5.74) is 4.29. The number of benzene rings is 3. The Kier molecular flexibility index (Phi) is 6.03. The maximum atomic E-state index is 12.7. The third-order valence-electron chi connectivity index (χ3n) is 4.92. The first-order valence-corrected chi connectivity index (χ1v) is 9.92. The first-order chi connectivity index (χ1) is 16.0. The largest absolute Gasteiger partial charge is 0.493 e. The Balaban J connectivity index is 1.52. The number of nitrogens with one attached hydrogen (secondary N) is 1. The molecule has 9 nitrogen and oxygen atoms in total. The fraction of sp³-hybridized carbons (Fsp3) is 0.0833. The molecule has 0 unspecified atom stereocenters. The lowest BCUT2D eigenvalue weighted by Gasteiger charge is -2.14. The molecular formula is C24H19N3O6. The molecule has 2 amide bonds. The molecule has 9 heteroatoms. The Morgan fingerprint density at radius 2 is 1.79 bits per heavy atom. The maximum Gasteiger partial charge on any atom is 0.282 e. The second-order valence-electron chi connectivity index (χ2n) is 7.10. The van der Waals surface area contributed by atoms with Crippen molar-refractivity contribution in [3.63, 3.8) is 0 Å². The molecule has 1 heterocycles. The van der Waals surface area contributed by atoms with E-state index in [-0.39, 0.29) is 17.9 Å². The van der Waals surface area contributed by atoms with Gasteiger partial charge in [-0.1, -0.05) is 36.4 Å². The van der Waals surface area contributed by atoms with Gasteiger partial charge in [-0.25, -0.2) is 5.01 Å². The van der Waals surface area contributed by atoms with Crippen molar-refractivity contribution in [1.82, 2.24) is 5.43 Å². The number of hydrogen-bond acceptors (Lipinski definition) is 6. The number of rotatable bonds is 7. The van der Waals surface area contributed by atoms with Crippen molar-refractivity contribution in [1.29, 1.82) is 0 Å². The highest BCUT2D eigenvalue weighted by Crippen LogP contribution is 2.31. The van der Waals surface area contributed by atoms with Gasteiger partial charge in [0.15, 0.2) is 11.5 Å². The maximum absolute atomic E-state index is 12.7. The van der Waals surface area contributed by atoms with Crippen LogP contribution in [0.3, 0.4) is 0 Å². The Morgan fingerprint density at radius 1 is 1.00 bits per heavy atom. The fourth-order valence-electron chi connectivity index (χ4n) is 3.30. The number of ether oxygens (including phenoxy) is 2. The van der Waals surface area contributed by atoms with Crippen molar-refractivity contribution < 1.29 is 24.0 Å². The molecule has 0 aliphatic carbocycles. The molecule has 1 fully saturated rings. The highest BCUT2D eigenvalue weighted by atomic mass is 16.6. The van der Waals surface area contributed by atoms with E-state index in [1.807, 2.05) is 6.07 Å². The molecule has 0 bridgehead atoms. The van der Waals surface area contributed by atoms with Crippen LogP contribution in [0.2, 0.25) is 0 Å². The summed E-state index contributed by atoms with van der Waals surface area (Å²) in [5, 5.41) is 12.1. The van der Waals surface area contributed by atoms with Crippen molar-refractivity contribution >= 4 is 29.3 Å². The molecule has 33 heavy (non-hydrogen) atoms. The Hall–Kier alpha value is -4.66. The van der Waals surface area contributed by atoms with Crippen molar-refractivity contribution in [2.75, 3.05) is 12.1 Å². The van der Waals surface area contributed by atoms with Crippen LogP contribution in [0.5, 0.6) is 11.5 Å². The van der Waals surface area contributed by atoms with Crippen LogP contribution in [-0.2, 0) is 16.2 Å². The van der Waals surface area contributed by atoms with Crippen molar-refractivity contribution in [3.05, 3.63) is 99.6 Å². The van der Waals surface area contributed by atoms with Crippen molar-refractivity contribution in [2.45, 2.75) is 6.61 Å². The number of nitro benzene ring substituents is 1. The zero-order valence-electron chi connectivity index (χ0n) is 17.6. The minimum atomic E-state index is -0.506. The summed E-state index contributed by atoms with van der Waals surface area (Å²) in [6.07, 6.45) is 1.48. The van der Waals surface area contributed by atoms with Gasteiger partial charge in [-0.05, 0) is 41.5 Å². The van der Waals surface area contributed by atoms with Crippen LogP contribution in [-0.4, -0.2) is 23.8 Å². The Morgan fingerprint density at radius 3 is 2.52 bits per heavy atom. The van der Waals surface area contributed by atoms with Gasteiger partial charge in [0.1, 0.15) is 12.2 Å². The number of hydrogen-bond donors (Lipinski definition) is 1. The average Bonchev–Trinajstić information content (AvgIpc) is 3.12. The van der Waals surface area contributed by atoms with Crippen LogP contribution in [0.25, 0.3) is 6.08 Å². The van der Waals surface area contributed by atoms with E-state index in [0.717, 1.165) is 0 Å². The molecule has 166 valence electrons. The lowest BCUT2D eigenvalue weighted by molar-refractivity contribution is -0.384. The van der Waals surface area contributed by atoms with E-state index in [1.54, 1.807) is 54.6 Å². The van der Waals surface area contributed by atoms with Gasteiger partial charge < -0.3 is 9.47 Å². The van der Waals surface area contributed by atoms with Crippen molar-refractivity contribution in [2.24, 2.45) is 0 Å².